The lowest BCUT2D eigenvalue weighted by Gasteiger charge is -2.26. The molecule has 0 amide bonds. The van der Waals surface area contributed by atoms with Gasteiger partial charge in [0.2, 0.25) is 0 Å². The van der Waals surface area contributed by atoms with Crippen LogP contribution in [-0.2, 0) is 9.59 Å². The number of Topliss-reactive ketones (excluding diaryl/α,β-unsaturated/α-hetero) is 2. The van der Waals surface area contributed by atoms with E-state index in [1.54, 1.807) is 12.2 Å². The minimum atomic E-state index is -1.82. The van der Waals surface area contributed by atoms with E-state index in [2.05, 4.69) is 9.58 Å². The second-order valence-electron chi connectivity index (χ2n) is 5.59. The molecular formula is C16H16N6O2. The molecule has 4 N–H and O–H groups in total. The summed E-state index contributed by atoms with van der Waals surface area (Å²) in [6.45, 7) is 0. The van der Waals surface area contributed by atoms with E-state index in [1.807, 2.05) is 0 Å². The molecule has 0 bridgehead atoms. The predicted octanol–water partition coefficient (Wildman–Crippen LogP) is -0.0456. The Morgan fingerprint density at radius 2 is 1.33 bits per heavy atom. The van der Waals surface area contributed by atoms with Gasteiger partial charge in [-0.05, 0) is 0 Å². The lowest BCUT2D eigenvalue weighted by atomic mass is 9.84. The molecule has 0 aromatic carbocycles. The molecule has 0 saturated carbocycles. The zero-order valence-electron chi connectivity index (χ0n) is 12.7. The molecule has 0 aromatic rings. The van der Waals surface area contributed by atoms with Crippen LogP contribution in [0.4, 0.5) is 0 Å². The van der Waals surface area contributed by atoms with Crippen LogP contribution < -0.4 is 11.5 Å². The molecule has 0 atom stereocenters. The molecular weight excluding hydrogens is 308 g/mol. The molecule has 0 heterocycles. The maximum atomic E-state index is 12.4. The van der Waals surface area contributed by atoms with Crippen molar-refractivity contribution in [1.29, 1.82) is 0 Å². The number of carbonyl (C=O) groups excluding carboxylic acids is 2. The zero-order valence-corrected chi connectivity index (χ0v) is 12.7. The summed E-state index contributed by atoms with van der Waals surface area (Å²) >= 11 is 0. The van der Waals surface area contributed by atoms with Crippen molar-refractivity contribution in [2.45, 2.75) is 12.1 Å². The third-order valence-electron chi connectivity index (χ3n) is 3.73. The van der Waals surface area contributed by atoms with E-state index in [4.69, 9.17) is 22.5 Å². The highest BCUT2D eigenvalue weighted by Gasteiger charge is 2.37. The predicted molar refractivity (Wildman–Crippen MR) is 86.5 cm³/mol. The lowest BCUT2D eigenvalue weighted by Crippen LogP contribution is -2.59. The first-order chi connectivity index (χ1) is 11.4. The van der Waals surface area contributed by atoms with Gasteiger partial charge in [-0.3, -0.25) is 9.59 Å². The van der Waals surface area contributed by atoms with Crippen LogP contribution in [0.2, 0.25) is 0 Å². The van der Waals surface area contributed by atoms with Crippen LogP contribution in [-0.4, -0.2) is 38.2 Å². The Balaban J connectivity index is 2.05. The van der Waals surface area contributed by atoms with Gasteiger partial charge >= 0.3 is 11.4 Å². The number of allylic oxidation sites excluding steroid dienone is 8. The average molecular weight is 324 g/mol. The van der Waals surface area contributed by atoms with E-state index < -0.39 is 23.3 Å². The van der Waals surface area contributed by atoms with E-state index in [1.165, 1.54) is 36.5 Å². The Bertz CT molecular complexity index is 757. The molecule has 0 aromatic heterocycles. The van der Waals surface area contributed by atoms with Crippen LogP contribution in [0, 0.1) is 11.8 Å². The van der Waals surface area contributed by atoms with E-state index in [0.717, 1.165) is 0 Å². The summed E-state index contributed by atoms with van der Waals surface area (Å²) in [5.74, 6) is -2.11. The van der Waals surface area contributed by atoms with E-state index >= 15 is 0 Å². The molecule has 2 aliphatic rings. The van der Waals surface area contributed by atoms with Crippen molar-refractivity contribution < 1.29 is 19.2 Å². The van der Waals surface area contributed by atoms with Crippen LogP contribution in [0.3, 0.4) is 0 Å². The highest BCUT2D eigenvalue weighted by molar-refractivity contribution is 6.05. The van der Waals surface area contributed by atoms with E-state index in [9.17, 15) is 9.59 Å². The quantitative estimate of drug-likeness (QED) is 0.412. The van der Waals surface area contributed by atoms with Crippen LogP contribution in [0.25, 0.3) is 11.1 Å². The number of carbonyl (C=O) groups is 2. The van der Waals surface area contributed by atoms with Crippen molar-refractivity contribution in [3.8, 4) is 0 Å². The van der Waals surface area contributed by atoms with Crippen LogP contribution in [0.1, 0.15) is 6.42 Å². The molecule has 0 saturated heterocycles. The van der Waals surface area contributed by atoms with Crippen molar-refractivity contribution in [2.75, 3.05) is 0 Å². The molecule has 8 nitrogen and oxygen atoms in total. The van der Waals surface area contributed by atoms with Gasteiger partial charge in [0.1, 0.15) is 11.4 Å². The highest BCUT2D eigenvalue weighted by Crippen LogP contribution is 2.19. The van der Waals surface area contributed by atoms with Gasteiger partial charge in [-0.15, -0.1) is 0 Å². The first kappa shape index (κ1) is 17.3. The molecule has 2 rings (SSSR count). The summed E-state index contributed by atoms with van der Waals surface area (Å²) in [7, 11) is 0. The van der Waals surface area contributed by atoms with Gasteiger partial charge in [0.15, 0.2) is 5.78 Å². The highest BCUT2D eigenvalue weighted by atomic mass is 16.1. The van der Waals surface area contributed by atoms with Gasteiger partial charge in [0.25, 0.3) is 0 Å². The average Bonchev–Trinajstić information content (AvgIpc) is 2.60. The largest absolute Gasteiger partial charge is 0.361 e. The number of rotatable bonds is 5. The molecule has 0 aliphatic heterocycles. The molecule has 0 fully saturated rings. The molecule has 0 unspecified atom stereocenters. The monoisotopic (exact) mass is 324 g/mol. The Morgan fingerprint density at radius 1 is 0.917 bits per heavy atom. The van der Waals surface area contributed by atoms with Crippen molar-refractivity contribution >= 4 is 23.0 Å². The van der Waals surface area contributed by atoms with E-state index in [0.29, 0.717) is 11.4 Å². The minimum Gasteiger partial charge on any atom is -0.361 e. The Labute approximate surface area is 138 Å². The number of nitrogens with zero attached hydrogens (tertiary/aromatic N) is 4. The number of nitrogens with two attached hydrogens (primary N) is 2. The third-order valence-corrected chi connectivity index (χ3v) is 3.73. The molecule has 8 heteroatoms. The minimum absolute atomic E-state index is 0.300. The molecule has 2 aliphatic carbocycles. The molecule has 0 radical (unpaired) electrons. The summed E-state index contributed by atoms with van der Waals surface area (Å²) < 4.78 is 0. The summed E-state index contributed by atoms with van der Waals surface area (Å²) in [5.41, 5.74) is 27.8. The summed E-state index contributed by atoms with van der Waals surface area (Å²) in [6, 6.07) is 0. The smallest absolute Gasteiger partial charge is 0.314 e. The number of ketones is 2. The topological polar surface area (TPSA) is 159 Å². The van der Waals surface area contributed by atoms with Gasteiger partial charge < -0.3 is 22.5 Å². The number of hydrogen-bond donors (Lipinski definition) is 2. The van der Waals surface area contributed by atoms with Gasteiger partial charge in [-0.2, -0.15) is 9.58 Å². The fourth-order valence-corrected chi connectivity index (χ4v) is 2.37. The van der Waals surface area contributed by atoms with Gasteiger partial charge in [0.05, 0.1) is 11.8 Å². The van der Waals surface area contributed by atoms with Crippen LogP contribution in [0.15, 0.2) is 48.6 Å². The molecule has 0 spiro atoms. The van der Waals surface area contributed by atoms with Crippen LogP contribution >= 0.6 is 0 Å². The third kappa shape index (κ3) is 3.84. The van der Waals surface area contributed by atoms with Gasteiger partial charge in [-0.1, -0.05) is 24.3 Å². The Kier molecular flexibility index (Phi) is 5.08. The second-order valence-corrected chi connectivity index (χ2v) is 5.59. The summed E-state index contributed by atoms with van der Waals surface area (Å²) in [5, 5.41) is 0. The normalized spacial score (nSPS) is 22.2. The maximum Gasteiger partial charge on any atom is 0.314 e. The van der Waals surface area contributed by atoms with E-state index in [-0.39, 0.29) is 12.2 Å². The van der Waals surface area contributed by atoms with Crippen molar-refractivity contribution in [1.82, 2.24) is 0 Å². The van der Waals surface area contributed by atoms with Crippen LogP contribution in [0.5, 0.6) is 0 Å². The van der Waals surface area contributed by atoms with Gasteiger partial charge in [-0.25, -0.2) is 0 Å². The SMILES string of the molecule is [N-]=[N+]=C1C=CC(C(=O)CC(N)(N)C(=O)C2C=CC(=[N+]=[N-])C=C2)C=C1. The second kappa shape index (κ2) is 7.04. The molecule has 122 valence electrons. The summed E-state index contributed by atoms with van der Waals surface area (Å²) in [6.07, 6.45) is 11.6. The first-order valence-electron chi connectivity index (χ1n) is 7.19. The Hall–Kier alpha value is -3.02. The van der Waals surface area contributed by atoms with Crippen molar-refractivity contribution in [3.63, 3.8) is 0 Å². The Morgan fingerprint density at radius 3 is 1.75 bits per heavy atom. The van der Waals surface area contributed by atoms with Gasteiger partial charge in [0, 0.05) is 30.7 Å². The fourth-order valence-electron chi connectivity index (χ4n) is 2.37. The number of hydrogen-bond acceptors (Lipinski definition) is 4. The fraction of sp³-hybridized carbons (Fsp3) is 0.250. The standard InChI is InChI=1S/C16H16N6O2/c17-16(18,15(24)11-3-7-13(22-20)8-4-11)9-14(23)10-1-5-12(21-19)6-2-10/h1-8,10-11H,9,17-18H2. The van der Waals surface area contributed by atoms with Crippen molar-refractivity contribution in [2.24, 2.45) is 23.3 Å². The maximum absolute atomic E-state index is 12.4. The van der Waals surface area contributed by atoms with Crippen molar-refractivity contribution in [3.05, 3.63) is 59.7 Å². The molecule has 24 heavy (non-hydrogen) atoms. The first-order valence-corrected chi connectivity index (χ1v) is 7.19. The zero-order chi connectivity index (χ0) is 17.7. The summed E-state index contributed by atoms with van der Waals surface area (Å²) in [4.78, 5) is 30.7. The lowest BCUT2D eigenvalue weighted by molar-refractivity contribution is -0.130.